The maximum Gasteiger partial charge on any atom is 0.359 e. The van der Waals surface area contributed by atoms with Crippen molar-refractivity contribution in [3.8, 4) is 0 Å². The van der Waals surface area contributed by atoms with Crippen LogP contribution in [0.4, 0.5) is 0 Å². The normalized spacial score (nSPS) is 10.6. The maximum absolute atomic E-state index is 11.6. The van der Waals surface area contributed by atoms with Gasteiger partial charge >= 0.3 is 5.97 Å². The van der Waals surface area contributed by atoms with Gasteiger partial charge in [-0.15, -0.1) is 0 Å². The van der Waals surface area contributed by atoms with E-state index >= 15 is 0 Å². The largest absolute Gasteiger partial charge is 0.461 e. The SMILES string of the molecule is CCOC(=O)c1ncn2nc(C)[nH]c(=O)c12. The van der Waals surface area contributed by atoms with Gasteiger partial charge in [-0.2, -0.15) is 5.10 Å². The van der Waals surface area contributed by atoms with Gasteiger partial charge in [-0.05, 0) is 13.8 Å². The first-order valence-electron chi connectivity index (χ1n) is 4.75. The third-order valence-electron chi connectivity index (χ3n) is 1.99. The highest BCUT2D eigenvalue weighted by molar-refractivity contribution is 5.94. The van der Waals surface area contributed by atoms with Crippen LogP contribution in [-0.4, -0.2) is 32.2 Å². The molecule has 0 saturated carbocycles. The number of hydrogen-bond acceptors (Lipinski definition) is 5. The summed E-state index contributed by atoms with van der Waals surface area (Å²) in [5, 5.41) is 3.99. The van der Waals surface area contributed by atoms with Crippen molar-refractivity contribution in [1.82, 2.24) is 19.6 Å². The quantitative estimate of drug-likeness (QED) is 0.717. The van der Waals surface area contributed by atoms with Crippen LogP contribution in [0.25, 0.3) is 5.52 Å². The zero-order valence-electron chi connectivity index (χ0n) is 8.85. The first kappa shape index (κ1) is 10.3. The lowest BCUT2D eigenvalue weighted by Crippen LogP contribution is -2.17. The Bertz CT molecular complexity index is 598. The molecule has 0 unspecified atom stereocenters. The number of nitrogens with zero attached hydrogens (tertiary/aromatic N) is 3. The summed E-state index contributed by atoms with van der Waals surface area (Å²) in [6, 6.07) is 0. The average molecular weight is 222 g/mol. The second-order valence-electron chi connectivity index (χ2n) is 3.15. The van der Waals surface area contributed by atoms with E-state index in [1.165, 1.54) is 10.8 Å². The molecule has 84 valence electrons. The van der Waals surface area contributed by atoms with Crippen molar-refractivity contribution in [2.75, 3.05) is 6.61 Å². The molecule has 7 heteroatoms. The molecule has 0 spiro atoms. The summed E-state index contributed by atoms with van der Waals surface area (Å²) >= 11 is 0. The van der Waals surface area contributed by atoms with Gasteiger partial charge in [0.25, 0.3) is 5.56 Å². The van der Waals surface area contributed by atoms with E-state index < -0.39 is 11.5 Å². The van der Waals surface area contributed by atoms with Crippen LogP contribution >= 0.6 is 0 Å². The van der Waals surface area contributed by atoms with Crippen molar-refractivity contribution in [2.24, 2.45) is 0 Å². The fourth-order valence-corrected chi connectivity index (χ4v) is 1.39. The molecule has 0 aromatic carbocycles. The lowest BCUT2D eigenvalue weighted by molar-refractivity contribution is 0.0522. The van der Waals surface area contributed by atoms with Crippen LogP contribution in [0.3, 0.4) is 0 Å². The lowest BCUT2D eigenvalue weighted by atomic mass is 10.4. The van der Waals surface area contributed by atoms with Gasteiger partial charge in [-0.3, -0.25) is 4.79 Å². The molecule has 2 rings (SSSR count). The molecule has 0 fully saturated rings. The highest BCUT2D eigenvalue weighted by atomic mass is 16.5. The smallest absolute Gasteiger partial charge is 0.359 e. The third kappa shape index (κ3) is 1.56. The third-order valence-corrected chi connectivity index (χ3v) is 1.99. The Morgan fingerprint density at radius 3 is 3.06 bits per heavy atom. The van der Waals surface area contributed by atoms with Crippen LogP contribution in [0.1, 0.15) is 23.2 Å². The predicted octanol–water partition coefficient (Wildman–Crippen LogP) is -0.0973. The topological polar surface area (TPSA) is 89.3 Å². The van der Waals surface area contributed by atoms with Crippen molar-refractivity contribution in [2.45, 2.75) is 13.8 Å². The van der Waals surface area contributed by atoms with E-state index in [0.717, 1.165) is 0 Å². The molecule has 0 radical (unpaired) electrons. The number of nitrogens with one attached hydrogen (secondary N) is 1. The van der Waals surface area contributed by atoms with E-state index in [0.29, 0.717) is 5.82 Å². The summed E-state index contributed by atoms with van der Waals surface area (Å²) in [7, 11) is 0. The van der Waals surface area contributed by atoms with E-state index in [-0.39, 0.29) is 17.8 Å². The van der Waals surface area contributed by atoms with Crippen LogP contribution in [0.5, 0.6) is 0 Å². The Balaban J connectivity index is 2.65. The van der Waals surface area contributed by atoms with E-state index in [1.54, 1.807) is 13.8 Å². The first-order chi connectivity index (χ1) is 7.63. The molecule has 0 atom stereocenters. The second kappa shape index (κ2) is 3.76. The molecule has 2 heterocycles. The van der Waals surface area contributed by atoms with Gasteiger partial charge in [0.15, 0.2) is 11.2 Å². The van der Waals surface area contributed by atoms with Crippen molar-refractivity contribution >= 4 is 11.5 Å². The molecule has 1 N–H and O–H groups in total. The van der Waals surface area contributed by atoms with E-state index in [9.17, 15) is 9.59 Å². The minimum atomic E-state index is -0.624. The molecule has 2 aromatic rings. The summed E-state index contributed by atoms with van der Waals surface area (Å²) in [5.41, 5.74) is -0.326. The monoisotopic (exact) mass is 222 g/mol. The number of esters is 1. The van der Waals surface area contributed by atoms with Crippen molar-refractivity contribution in [3.05, 3.63) is 28.2 Å². The summed E-state index contributed by atoms with van der Waals surface area (Å²) in [5.74, 6) is -0.175. The Hall–Kier alpha value is -2.18. The van der Waals surface area contributed by atoms with E-state index in [2.05, 4.69) is 15.1 Å². The van der Waals surface area contributed by atoms with Gasteiger partial charge in [0.05, 0.1) is 6.61 Å². The molecular weight excluding hydrogens is 212 g/mol. The number of carbonyl (C=O) groups excluding carboxylic acids is 1. The number of aromatic nitrogens is 4. The van der Waals surface area contributed by atoms with E-state index in [4.69, 9.17) is 4.74 Å². The maximum atomic E-state index is 11.6. The predicted molar refractivity (Wildman–Crippen MR) is 54.3 cm³/mol. The van der Waals surface area contributed by atoms with Gasteiger partial charge in [0, 0.05) is 0 Å². The number of fused-ring (bicyclic) bond motifs is 1. The Morgan fingerprint density at radius 1 is 1.62 bits per heavy atom. The van der Waals surface area contributed by atoms with E-state index in [1.807, 2.05) is 0 Å². The van der Waals surface area contributed by atoms with Crippen LogP contribution in [-0.2, 0) is 4.74 Å². The molecule has 0 amide bonds. The minimum absolute atomic E-state index is 0.0180. The minimum Gasteiger partial charge on any atom is -0.461 e. The van der Waals surface area contributed by atoms with Gasteiger partial charge in [-0.1, -0.05) is 0 Å². The number of carbonyl (C=O) groups is 1. The van der Waals surface area contributed by atoms with Gasteiger partial charge < -0.3 is 9.72 Å². The summed E-state index contributed by atoms with van der Waals surface area (Å²) in [4.78, 5) is 29.4. The van der Waals surface area contributed by atoms with Crippen LogP contribution < -0.4 is 5.56 Å². The first-order valence-corrected chi connectivity index (χ1v) is 4.75. The zero-order chi connectivity index (χ0) is 11.7. The molecule has 0 saturated heterocycles. The van der Waals surface area contributed by atoms with Crippen LogP contribution in [0, 0.1) is 6.92 Å². The molecule has 2 aromatic heterocycles. The molecule has 0 aliphatic rings. The van der Waals surface area contributed by atoms with Crippen molar-refractivity contribution in [1.29, 1.82) is 0 Å². The second-order valence-corrected chi connectivity index (χ2v) is 3.15. The standard InChI is InChI=1S/C9H10N4O3/c1-3-16-9(15)6-7-8(14)11-5(2)12-13(7)4-10-6/h4H,3H2,1-2H3,(H,11,12,14). The summed E-state index contributed by atoms with van der Waals surface area (Å²) < 4.78 is 6.05. The Morgan fingerprint density at radius 2 is 2.38 bits per heavy atom. The molecule has 0 aliphatic carbocycles. The zero-order valence-corrected chi connectivity index (χ0v) is 8.85. The van der Waals surface area contributed by atoms with Gasteiger partial charge in [-0.25, -0.2) is 14.3 Å². The van der Waals surface area contributed by atoms with Gasteiger partial charge in [0.2, 0.25) is 0 Å². The number of H-pyrrole nitrogens is 1. The Kier molecular flexibility index (Phi) is 2.43. The van der Waals surface area contributed by atoms with Crippen LogP contribution in [0.2, 0.25) is 0 Å². The summed E-state index contributed by atoms with van der Waals surface area (Å²) in [6.45, 7) is 3.56. The Labute approximate surface area is 90.1 Å². The fraction of sp³-hybridized carbons (Fsp3) is 0.333. The molecule has 0 aliphatic heterocycles. The molecule has 0 bridgehead atoms. The lowest BCUT2D eigenvalue weighted by Gasteiger charge is -1.98. The summed E-state index contributed by atoms with van der Waals surface area (Å²) in [6.07, 6.45) is 1.31. The number of rotatable bonds is 2. The highest BCUT2D eigenvalue weighted by Crippen LogP contribution is 2.04. The van der Waals surface area contributed by atoms with Crippen molar-refractivity contribution < 1.29 is 9.53 Å². The number of aromatic amines is 1. The number of ether oxygens (including phenoxy) is 1. The fourth-order valence-electron chi connectivity index (χ4n) is 1.39. The van der Waals surface area contributed by atoms with Crippen LogP contribution in [0.15, 0.2) is 11.1 Å². The number of hydrogen-bond donors (Lipinski definition) is 1. The number of aryl methyl sites for hydroxylation is 1. The van der Waals surface area contributed by atoms with Gasteiger partial charge in [0.1, 0.15) is 12.2 Å². The molecule has 7 nitrogen and oxygen atoms in total. The van der Waals surface area contributed by atoms with Crippen molar-refractivity contribution in [3.63, 3.8) is 0 Å². The molecular formula is C9H10N4O3. The molecule has 16 heavy (non-hydrogen) atoms. The average Bonchev–Trinajstić information content (AvgIpc) is 2.61. The highest BCUT2D eigenvalue weighted by Gasteiger charge is 2.17. The number of imidazole rings is 1.